The van der Waals surface area contributed by atoms with Crippen molar-refractivity contribution in [2.24, 2.45) is 0 Å². The van der Waals surface area contributed by atoms with Crippen LogP contribution in [0.3, 0.4) is 0 Å². The van der Waals surface area contributed by atoms with Crippen molar-refractivity contribution in [3.63, 3.8) is 0 Å². The first-order chi connectivity index (χ1) is 18.1. The van der Waals surface area contributed by atoms with Gasteiger partial charge < -0.3 is 14.8 Å². The van der Waals surface area contributed by atoms with Gasteiger partial charge in [0.25, 0.3) is 5.91 Å². The summed E-state index contributed by atoms with van der Waals surface area (Å²) in [6.07, 6.45) is 5.54. The van der Waals surface area contributed by atoms with Crippen molar-refractivity contribution >= 4 is 17.9 Å². The first-order valence-corrected chi connectivity index (χ1v) is 12.5. The zero-order valence-corrected chi connectivity index (χ0v) is 20.9. The van der Waals surface area contributed by atoms with Crippen molar-refractivity contribution in [3.8, 4) is 5.75 Å². The minimum atomic E-state index is -0.388. The van der Waals surface area contributed by atoms with Crippen LogP contribution in [0.4, 0.5) is 0 Å². The lowest BCUT2D eigenvalue weighted by atomic mass is 9.97. The molecular weight excluding hydrogens is 468 g/mol. The molecule has 192 valence electrons. The Hall–Kier alpha value is -3.94. The number of hydrogen-bond acceptors (Lipinski definition) is 5. The number of nitrogens with one attached hydrogen (secondary N) is 2. The van der Waals surface area contributed by atoms with Crippen LogP contribution in [0.1, 0.15) is 54.5 Å². The van der Waals surface area contributed by atoms with Gasteiger partial charge in [0.1, 0.15) is 12.4 Å². The summed E-state index contributed by atoms with van der Waals surface area (Å²) in [7, 11) is 0. The van der Waals surface area contributed by atoms with Crippen LogP contribution in [0.25, 0.3) is 6.08 Å². The summed E-state index contributed by atoms with van der Waals surface area (Å²) in [6.45, 7) is 2.64. The van der Waals surface area contributed by atoms with Crippen molar-refractivity contribution < 1.29 is 23.9 Å². The Bertz CT molecular complexity index is 1170. The van der Waals surface area contributed by atoms with Gasteiger partial charge in [0.15, 0.2) is 6.29 Å². The van der Waals surface area contributed by atoms with Gasteiger partial charge in [-0.3, -0.25) is 9.59 Å². The number of hydrogen-bond donors (Lipinski definition) is 2. The molecule has 7 nitrogen and oxygen atoms in total. The van der Waals surface area contributed by atoms with Gasteiger partial charge in [-0.2, -0.15) is 0 Å². The SMILES string of the molecule is CC(=O)NC(c1ccc(/C=C/C(=O)NOC2CCCCO2)cc1)c1ccc(OCc2ccccc2)cc1. The van der Waals surface area contributed by atoms with Crippen LogP contribution in [0.5, 0.6) is 5.75 Å². The van der Waals surface area contributed by atoms with E-state index in [9.17, 15) is 9.59 Å². The molecule has 3 aromatic carbocycles. The zero-order valence-electron chi connectivity index (χ0n) is 20.9. The fourth-order valence-electron chi connectivity index (χ4n) is 3.99. The zero-order chi connectivity index (χ0) is 25.9. The Balaban J connectivity index is 1.36. The molecule has 0 bridgehead atoms. The molecule has 2 unspecified atom stereocenters. The Kier molecular flexibility index (Phi) is 9.46. The summed E-state index contributed by atoms with van der Waals surface area (Å²) in [5.41, 5.74) is 6.21. The first kappa shape index (κ1) is 26.1. The van der Waals surface area contributed by atoms with Crippen LogP contribution in [0, 0.1) is 0 Å². The molecule has 0 saturated carbocycles. The quantitative estimate of drug-likeness (QED) is 0.300. The van der Waals surface area contributed by atoms with Gasteiger partial charge in [-0.25, -0.2) is 10.3 Å². The molecule has 0 aromatic heterocycles. The number of carbonyl (C=O) groups excluding carboxylic acids is 2. The number of hydroxylamine groups is 1. The number of ether oxygens (including phenoxy) is 2. The van der Waals surface area contributed by atoms with Crippen molar-refractivity contribution in [2.45, 2.75) is 45.1 Å². The largest absolute Gasteiger partial charge is 0.489 e. The van der Waals surface area contributed by atoms with E-state index in [-0.39, 0.29) is 24.1 Å². The standard InChI is InChI=1S/C30H32N2O5/c1-22(33)31-30(26-15-17-27(18-16-26)36-21-24-7-3-2-4-8-24)25-13-10-23(11-14-25)12-19-28(34)32-37-29-9-5-6-20-35-29/h2-4,7-8,10-19,29-30H,5-6,9,20-21H2,1H3,(H,31,33)(H,32,34)/b19-12+. The highest BCUT2D eigenvalue weighted by molar-refractivity contribution is 5.90. The first-order valence-electron chi connectivity index (χ1n) is 12.5. The third-order valence-electron chi connectivity index (χ3n) is 5.94. The van der Waals surface area contributed by atoms with E-state index >= 15 is 0 Å². The second kappa shape index (κ2) is 13.4. The number of benzene rings is 3. The van der Waals surface area contributed by atoms with Crippen molar-refractivity contribution in [1.29, 1.82) is 0 Å². The van der Waals surface area contributed by atoms with Crippen LogP contribution in [0.2, 0.25) is 0 Å². The molecular formula is C30H32N2O5. The maximum Gasteiger partial charge on any atom is 0.267 e. The smallest absolute Gasteiger partial charge is 0.267 e. The molecule has 1 fully saturated rings. The molecule has 1 aliphatic heterocycles. The van der Waals surface area contributed by atoms with Gasteiger partial charge in [-0.15, -0.1) is 0 Å². The Labute approximate surface area is 217 Å². The van der Waals surface area contributed by atoms with Crippen LogP contribution in [-0.4, -0.2) is 24.7 Å². The monoisotopic (exact) mass is 500 g/mol. The summed E-state index contributed by atoms with van der Waals surface area (Å²) in [6, 6.07) is 25.1. The number of amides is 2. The van der Waals surface area contributed by atoms with E-state index in [0.29, 0.717) is 13.2 Å². The Morgan fingerprint density at radius 3 is 2.32 bits per heavy atom. The van der Waals surface area contributed by atoms with E-state index in [1.807, 2.05) is 78.9 Å². The number of rotatable bonds is 10. The molecule has 2 atom stereocenters. The lowest BCUT2D eigenvalue weighted by Crippen LogP contribution is -2.32. The molecule has 0 spiro atoms. The van der Waals surface area contributed by atoms with E-state index in [1.54, 1.807) is 6.08 Å². The second-order valence-corrected chi connectivity index (χ2v) is 8.86. The minimum absolute atomic E-state index is 0.128. The van der Waals surface area contributed by atoms with Gasteiger partial charge in [0.05, 0.1) is 6.04 Å². The molecule has 1 saturated heterocycles. The highest BCUT2D eigenvalue weighted by atomic mass is 16.8. The average Bonchev–Trinajstić information content (AvgIpc) is 2.94. The lowest BCUT2D eigenvalue weighted by Gasteiger charge is -2.21. The van der Waals surface area contributed by atoms with Crippen LogP contribution >= 0.6 is 0 Å². The van der Waals surface area contributed by atoms with Gasteiger partial charge in [0, 0.05) is 26.0 Å². The van der Waals surface area contributed by atoms with E-state index in [2.05, 4.69) is 10.8 Å². The fraction of sp³-hybridized carbons (Fsp3) is 0.267. The molecule has 7 heteroatoms. The van der Waals surface area contributed by atoms with Crippen molar-refractivity contribution in [1.82, 2.24) is 10.8 Å². The number of carbonyl (C=O) groups is 2. The predicted octanol–water partition coefficient (Wildman–Crippen LogP) is 5.08. The van der Waals surface area contributed by atoms with E-state index in [1.165, 1.54) is 13.0 Å². The molecule has 1 heterocycles. The third-order valence-corrected chi connectivity index (χ3v) is 5.94. The highest BCUT2D eigenvalue weighted by Crippen LogP contribution is 2.25. The molecule has 2 N–H and O–H groups in total. The van der Waals surface area contributed by atoms with Gasteiger partial charge in [-0.05, 0) is 53.3 Å². The van der Waals surface area contributed by atoms with Crippen molar-refractivity contribution in [3.05, 3.63) is 107 Å². The summed E-state index contributed by atoms with van der Waals surface area (Å²) >= 11 is 0. The maximum absolute atomic E-state index is 12.1. The average molecular weight is 501 g/mol. The second-order valence-electron chi connectivity index (χ2n) is 8.86. The van der Waals surface area contributed by atoms with E-state index in [0.717, 1.165) is 47.3 Å². The molecule has 1 aliphatic rings. The van der Waals surface area contributed by atoms with Crippen LogP contribution in [-0.2, 0) is 25.8 Å². The molecule has 3 aromatic rings. The Morgan fingerprint density at radius 1 is 0.973 bits per heavy atom. The van der Waals surface area contributed by atoms with Crippen LogP contribution in [0.15, 0.2) is 84.9 Å². The summed E-state index contributed by atoms with van der Waals surface area (Å²) < 4.78 is 11.3. The van der Waals surface area contributed by atoms with Gasteiger partial charge in [0.2, 0.25) is 5.91 Å². The van der Waals surface area contributed by atoms with Crippen LogP contribution < -0.4 is 15.5 Å². The highest BCUT2D eigenvalue weighted by Gasteiger charge is 2.16. The minimum Gasteiger partial charge on any atom is -0.489 e. The summed E-state index contributed by atoms with van der Waals surface area (Å²) in [5.74, 6) is 0.271. The molecule has 0 radical (unpaired) electrons. The van der Waals surface area contributed by atoms with E-state index < -0.39 is 0 Å². The van der Waals surface area contributed by atoms with Gasteiger partial charge >= 0.3 is 0 Å². The van der Waals surface area contributed by atoms with Crippen molar-refractivity contribution in [2.75, 3.05) is 6.61 Å². The van der Waals surface area contributed by atoms with Gasteiger partial charge in [-0.1, -0.05) is 66.7 Å². The topological polar surface area (TPSA) is 85.9 Å². The third kappa shape index (κ3) is 8.31. The van der Waals surface area contributed by atoms with E-state index in [4.69, 9.17) is 14.3 Å². The molecule has 0 aliphatic carbocycles. The molecule has 4 rings (SSSR count). The maximum atomic E-state index is 12.1. The summed E-state index contributed by atoms with van der Waals surface area (Å²) in [5, 5.41) is 3.02. The predicted molar refractivity (Wildman–Crippen MR) is 141 cm³/mol. The lowest BCUT2D eigenvalue weighted by molar-refractivity contribution is -0.198. The molecule has 2 amide bonds. The summed E-state index contributed by atoms with van der Waals surface area (Å²) in [4.78, 5) is 29.3. The molecule has 37 heavy (non-hydrogen) atoms. The Morgan fingerprint density at radius 2 is 1.68 bits per heavy atom. The fourth-order valence-corrected chi connectivity index (χ4v) is 3.99. The normalized spacial score (nSPS) is 16.2.